The Kier molecular flexibility index (Phi) is 5.46. The van der Waals surface area contributed by atoms with E-state index in [-0.39, 0.29) is 21.1 Å². The molecule has 4 heteroatoms. The van der Waals surface area contributed by atoms with Crippen LogP contribution in [-0.4, -0.2) is 21.4 Å². The van der Waals surface area contributed by atoms with E-state index in [4.69, 9.17) is 16.3 Å². The summed E-state index contributed by atoms with van der Waals surface area (Å²) >= 11 is 6.13. The summed E-state index contributed by atoms with van der Waals surface area (Å²) in [5.41, 5.74) is 0.981. The van der Waals surface area contributed by atoms with Crippen LogP contribution in [0.4, 0.5) is 0 Å². The standard InChI is InChI=1S/C15H13ClO2Se/c16-13-8-6-12(7-9-13)15(18-11-17)10-19-14-4-2-1-3-5-14/h1-9,11,15H,10H2. The molecule has 0 aromatic heterocycles. The summed E-state index contributed by atoms with van der Waals surface area (Å²) < 4.78 is 6.48. The van der Waals surface area contributed by atoms with E-state index in [0.29, 0.717) is 11.5 Å². The summed E-state index contributed by atoms with van der Waals surface area (Å²) in [5.74, 6) is 0. The van der Waals surface area contributed by atoms with Crippen molar-refractivity contribution in [3.63, 3.8) is 0 Å². The van der Waals surface area contributed by atoms with Gasteiger partial charge in [0.05, 0.1) is 0 Å². The number of carbonyl (C=O) groups excluding carboxylic acids is 1. The van der Waals surface area contributed by atoms with Crippen molar-refractivity contribution in [2.24, 2.45) is 0 Å². The predicted molar refractivity (Wildman–Crippen MR) is 78.0 cm³/mol. The molecule has 0 aliphatic rings. The van der Waals surface area contributed by atoms with E-state index in [1.807, 2.05) is 42.5 Å². The van der Waals surface area contributed by atoms with Crippen molar-refractivity contribution in [1.82, 2.24) is 0 Å². The van der Waals surface area contributed by atoms with Gasteiger partial charge in [0.2, 0.25) is 0 Å². The third kappa shape index (κ3) is 4.39. The van der Waals surface area contributed by atoms with Crippen LogP contribution >= 0.6 is 11.6 Å². The Hall–Kier alpha value is -1.28. The molecule has 0 bridgehead atoms. The van der Waals surface area contributed by atoms with Crippen molar-refractivity contribution in [3.8, 4) is 0 Å². The number of benzene rings is 2. The van der Waals surface area contributed by atoms with E-state index in [1.54, 1.807) is 0 Å². The molecule has 0 amide bonds. The van der Waals surface area contributed by atoms with Crippen LogP contribution in [0.1, 0.15) is 11.7 Å². The van der Waals surface area contributed by atoms with Crippen LogP contribution in [0.15, 0.2) is 54.6 Å². The average molecular weight is 340 g/mol. The van der Waals surface area contributed by atoms with Crippen LogP contribution in [0.25, 0.3) is 0 Å². The fourth-order valence-electron chi connectivity index (χ4n) is 1.65. The number of ether oxygens (including phenoxy) is 1. The molecule has 19 heavy (non-hydrogen) atoms. The molecule has 0 saturated heterocycles. The first kappa shape index (κ1) is 14.1. The minimum atomic E-state index is -0.199. The van der Waals surface area contributed by atoms with Gasteiger partial charge < -0.3 is 0 Å². The van der Waals surface area contributed by atoms with Crippen LogP contribution in [0.5, 0.6) is 0 Å². The Morgan fingerprint density at radius 1 is 1.11 bits per heavy atom. The number of hydrogen-bond donors (Lipinski definition) is 0. The minimum absolute atomic E-state index is 0.199. The van der Waals surface area contributed by atoms with E-state index >= 15 is 0 Å². The van der Waals surface area contributed by atoms with Crippen molar-refractivity contribution in [3.05, 3.63) is 65.2 Å². The number of hydrogen-bond acceptors (Lipinski definition) is 2. The average Bonchev–Trinajstić information content (AvgIpc) is 2.46. The van der Waals surface area contributed by atoms with E-state index in [0.717, 1.165) is 10.9 Å². The Bertz CT molecular complexity index is 513. The fraction of sp³-hybridized carbons (Fsp3) is 0.133. The maximum atomic E-state index is 10.6. The molecule has 0 aliphatic carbocycles. The summed E-state index contributed by atoms with van der Waals surface area (Å²) in [7, 11) is 0. The van der Waals surface area contributed by atoms with Gasteiger partial charge in [-0.05, 0) is 0 Å². The summed E-state index contributed by atoms with van der Waals surface area (Å²) in [5, 5.41) is 1.50. The zero-order chi connectivity index (χ0) is 13.5. The molecule has 2 aromatic rings. The number of carbonyl (C=O) groups is 1. The molecule has 0 saturated carbocycles. The van der Waals surface area contributed by atoms with Crippen molar-refractivity contribution < 1.29 is 9.53 Å². The molecule has 0 heterocycles. The van der Waals surface area contributed by atoms with E-state index in [1.165, 1.54) is 4.46 Å². The Balaban J connectivity index is 2.04. The second-order valence-electron chi connectivity index (χ2n) is 3.90. The van der Waals surface area contributed by atoms with Gasteiger partial charge in [0.1, 0.15) is 0 Å². The van der Waals surface area contributed by atoms with Crippen molar-refractivity contribution in [2.75, 3.05) is 0 Å². The first-order valence-corrected chi connectivity index (χ1v) is 8.26. The zero-order valence-electron chi connectivity index (χ0n) is 10.2. The number of halogens is 1. The quantitative estimate of drug-likeness (QED) is 0.597. The van der Waals surface area contributed by atoms with Gasteiger partial charge in [0, 0.05) is 0 Å². The van der Waals surface area contributed by atoms with Crippen LogP contribution < -0.4 is 4.46 Å². The summed E-state index contributed by atoms with van der Waals surface area (Å²) in [6.45, 7) is 0.514. The van der Waals surface area contributed by atoms with E-state index in [2.05, 4.69) is 12.1 Å². The Labute approximate surface area is 123 Å². The summed E-state index contributed by atoms with van der Waals surface area (Å²) in [6.07, 6.45) is -0.199. The van der Waals surface area contributed by atoms with Crippen LogP contribution in [0.3, 0.4) is 0 Å². The summed E-state index contributed by atoms with van der Waals surface area (Å²) in [4.78, 5) is 10.6. The molecule has 2 aromatic carbocycles. The van der Waals surface area contributed by atoms with E-state index in [9.17, 15) is 4.79 Å². The van der Waals surface area contributed by atoms with E-state index < -0.39 is 0 Å². The third-order valence-corrected chi connectivity index (χ3v) is 5.11. The zero-order valence-corrected chi connectivity index (χ0v) is 12.6. The Morgan fingerprint density at radius 2 is 1.79 bits per heavy atom. The normalized spacial score (nSPS) is 11.8. The topological polar surface area (TPSA) is 26.3 Å². The molecule has 0 aliphatic heterocycles. The third-order valence-electron chi connectivity index (χ3n) is 2.61. The van der Waals surface area contributed by atoms with Gasteiger partial charge in [-0.3, -0.25) is 0 Å². The van der Waals surface area contributed by atoms with Crippen LogP contribution in [0, 0.1) is 0 Å². The fourth-order valence-corrected chi connectivity index (χ4v) is 3.80. The maximum absolute atomic E-state index is 10.6. The summed E-state index contributed by atoms with van der Waals surface area (Å²) in [6, 6.07) is 17.7. The van der Waals surface area contributed by atoms with Gasteiger partial charge in [0.15, 0.2) is 0 Å². The van der Waals surface area contributed by atoms with Gasteiger partial charge in [0.25, 0.3) is 0 Å². The van der Waals surface area contributed by atoms with Gasteiger partial charge in [-0.25, -0.2) is 0 Å². The molecule has 1 atom stereocenters. The van der Waals surface area contributed by atoms with Crippen LogP contribution in [0.2, 0.25) is 10.3 Å². The first-order valence-electron chi connectivity index (χ1n) is 5.82. The Morgan fingerprint density at radius 3 is 2.42 bits per heavy atom. The van der Waals surface area contributed by atoms with Crippen molar-refractivity contribution in [1.29, 1.82) is 0 Å². The van der Waals surface area contributed by atoms with Crippen LogP contribution in [-0.2, 0) is 9.53 Å². The van der Waals surface area contributed by atoms with Gasteiger partial charge in [-0.2, -0.15) is 0 Å². The molecule has 1 unspecified atom stereocenters. The second kappa shape index (κ2) is 7.34. The molecule has 0 spiro atoms. The molecular weight excluding hydrogens is 327 g/mol. The van der Waals surface area contributed by atoms with Crippen molar-refractivity contribution >= 4 is 37.5 Å². The predicted octanol–water partition coefficient (Wildman–Crippen LogP) is 3.00. The monoisotopic (exact) mass is 340 g/mol. The molecule has 2 rings (SSSR count). The SMILES string of the molecule is O=COC(C[Se]c1ccccc1)c1ccc(Cl)cc1. The first-order chi connectivity index (χ1) is 9.29. The molecule has 2 nitrogen and oxygen atoms in total. The van der Waals surface area contributed by atoms with Gasteiger partial charge in [-0.1, -0.05) is 0 Å². The van der Waals surface area contributed by atoms with Gasteiger partial charge in [-0.15, -0.1) is 0 Å². The molecule has 0 N–H and O–H groups in total. The molecule has 98 valence electrons. The molecular formula is C15H13ClO2Se. The van der Waals surface area contributed by atoms with Crippen molar-refractivity contribution in [2.45, 2.75) is 11.4 Å². The number of rotatable bonds is 6. The molecule has 0 radical (unpaired) electrons. The molecule has 0 fully saturated rings. The second-order valence-corrected chi connectivity index (χ2v) is 6.63. The van der Waals surface area contributed by atoms with Gasteiger partial charge >= 0.3 is 124 Å².